The third-order valence-electron chi connectivity index (χ3n) is 3.47. The van der Waals surface area contributed by atoms with Gasteiger partial charge in [-0.05, 0) is 47.6 Å². The van der Waals surface area contributed by atoms with Gasteiger partial charge in [0.1, 0.15) is 5.60 Å². The van der Waals surface area contributed by atoms with Gasteiger partial charge in [0.15, 0.2) is 0 Å². The van der Waals surface area contributed by atoms with E-state index < -0.39 is 5.60 Å². The Bertz CT molecular complexity index is 273. The number of carbonyl (C=O) groups excluding carboxylic acids is 1. The summed E-state index contributed by atoms with van der Waals surface area (Å²) in [6, 6.07) is 0.662. The van der Waals surface area contributed by atoms with Crippen LogP contribution in [0.25, 0.3) is 0 Å². The lowest BCUT2D eigenvalue weighted by Crippen LogP contribution is -2.53. The summed E-state index contributed by atoms with van der Waals surface area (Å²) >= 11 is 0. The SMILES string of the molecule is CCN(C(=O)OC(C)(C)C)[C@@H]1CCCC[C@@H]1NC. The van der Waals surface area contributed by atoms with E-state index in [-0.39, 0.29) is 12.1 Å². The molecule has 0 unspecified atom stereocenters. The van der Waals surface area contributed by atoms with E-state index in [4.69, 9.17) is 4.74 Å². The van der Waals surface area contributed by atoms with Crippen LogP contribution >= 0.6 is 0 Å². The molecule has 1 amide bonds. The molecule has 0 radical (unpaired) electrons. The predicted molar refractivity (Wildman–Crippen MR) is 73.7 cm³/mol. The first-order valence-electron chi connectivity index (χ1n) is 7.06. The van der Waals surface area contributed by atoms with Gasteiger partial charge < -0.3 is 15.0 Å². The number of rotatable bonds is 3. The van der Waals surface area contributed by atoms with Gasteiger partial charge in [-0.2, -0.15) is 0 Å². The Morgan fingerprint density at radius 1 is 1.33 bits per heavy atom. The van der Waals surface area contributed by atoms with Gasteiger partial charge in [0, 0.05) is 12.6 Å². The van der Waals surface area contributed by atoms with Gasteiger partial charge in [0.25, 0.3) is 0 Å². The first kappa shape index (κ1) is 15.3. The van der Waals surface area contributed by atoms with Crippen molar-refractivity contribution in [1.29, 1.82) is 0 Å². The Morgan fingerprint density at radius 3 is 2.44 bits per heavy atom. The minimum absolute atomic E-state index is 0.183. The van der Waals surface area contributed by atoms with Gasteiger partial charge in [-0.1, -0.05) is 12.8 Å². The number of carbonyl (C=O) groups is 1. The lowest BCUT2D eigenvalue weighted by molar-refractivity contribution is 0.00953. The number of likely N-dealkylation sites (N-methyl/N-ethyl adjacent to an activating group) is 2. The third kappa shape index (κ3) is 4.16. The lowest BCUT2D eigenvalue weighted by Gasteiger charge is -2.39. The van der Waals surface area contributed by atoms with Crippen LogP contribution in [0.2, 0.25) is 0 Å². The van der Waals surface area contributed by atoms with E-state index >= 15 is 0 Å². The highest BCUT2D eigenvalue weighted by Crippen LogP contribution is 2.24. The van der Waals surface area contributed by atoms with Crippen LogP contribution in [0.3, 0.4) is 0 Å². The fourth-order valence-corrected chi connectivity index (χ4v) is 2.64. The summed E-state index contributed by atoms with van der Waals surface area (Å²) in [5.41, 5.74) is -0.422. The van der Waals surface area contributed by atoms with Crippen molar-refractivity contribution in [2.45, 2.75) is 71.1 Å². The van der Waals surface area contributed by atoms with E-state index in [1.807, 2.05) is 39.6 Å². The predicted octanol–water partition coefficient (Wildman–Crippen LogP) is 2.77. The van der Waals surface area contributed by atoms with Gasteiger partial charge in [-0.15, -0.1) is 0 Å². The first-order valence-corrected chi connectivity index (χ1v) is 7.06. The highest BCUT2D eigenvalue weighted by Gasteiger charge is 2.33. The summed E-state index contributed by atoms with van der Waals surface area (Å²) in [6.07, 6.45) is 4.46. The maximum absolute atomic E-state index is 12.2. The molecule has 106 valence electrons. The number of ether oxygens (including phenoxy) is 1. The molecule has 0 aliphatic heterocycles. The summed E-state index contributed by atoms with van der Waals surface area (Å²) in [4.78, 5) is 14.1. The van der Waals surface area contributed by atoms with Crippen LogP contribution in [0.15, 0.2) is 0 Å². The van der Waals surface area contributed by atoms with Crippen molar-refractivity contribution in [3.63, 3.8) is 0 Å². The van der Waals surface area contributed by atoms with Crippen LogP contribution in [-0.4, -0.2) is 42.3 Å². The Balaban J connectivity index is 2.71. The van der Waals surface area contributed by atoms with Crippen LogP contribution in [0, 0.1) is 0 Å². The molecule has 1 rings (SSSR count). The highest BCUT2D eigenvalue weighted by atomic mass is 16.6. The quantitative estimate of drug-likeness (QED) is 0.844. The monoisotopic (exact) mass is 256 g/mol. The molecular weight excluding hydrogens is 228 g/mol. The van der Waals surface area contributed by atoms with Crippen molar-refractivity contribution < 1.29 is 9.53 Å². The summed E-state index contributed by atoms with van der Waals surface area (Å²) < 4.78 is 5.50. The van der Waals surface area contributed by atoms with E-state index in [0.29, 0.717) is 12.6 Å². The van der Waals surface area contributed by atoms with Crippen molar-refractivity contribution in [2.75, 3.05) is 13.6 Å². The van der Waals surface area contributed by atoms with Crippen LogP contribution < -0.4 is 5.32 Å². The average Bonchev–Trinajstić information content (AvgIpc) is 2.28. The molecule has 0 aromatic heterocycles. The minimum Gasteiger partial charge on any atom is -0.444 e. The molecule has 0 bridgehead atoms. The molecule has 1 fully saturated rings. The Hall–Kier alpha value is -0.770. The maximum Gasteiger partial charge on any atom is 0.410 e. The van der Waals surface area contributed by atoms with Crippen LogP contribution in [0.1, 0.15) is 53.4 Å². The van der Waals surface area contributed by atoms with Crippen LogP contribution in [0.5, 0.6) is 0 Å². The second-order valence-electron chi connectivity index (χ2n) is 6.01. The number of hydrogen-bond donors (Lipinski definition) is 1. The molecule has 1 aliphatic carbocycles. The lowest BCUT2D eigenvalue weighted by atomic mass is 9.89. The van der Waals surface area contributed by atoms with Crippen LogP contribution in [0.4, 0.5) is 4.79 Å². The standard InChI is InChI=1S/C14H28N2O2/c1-6-16(13(17)18-14(2,3)4)12-10-8-7-9-11(12)15-5/h11-12,15H,6-10H2,1-5H3/t11-,12+/m0/s1. The summed E-state index contributed by atoms with van der Waals surface area (Å²) in [5, 5.41) is 3.34. The molecule has 1 N–H and O–H groups in total. The maximum atomic E-state index is 12.2. The van der Waals surface area contributed by atoms with Gasteiger partial charge in [0.05, 0.1) is 6.04 Å². The molecule has 4 nitrogen and oxygen atoms in total. The molecule has 0 saturated heterocycles. The Kier molecular flexibility index (Phi) is 5.45. The van der Waals surface area contributed by atoms with Gasteiger partial charge in [0.2, 0.25) is 0 Å². The Morgan fingerprint density at radius 2 is 1.94 bits per heavy atom. The largest absolute Gasteiger partial charge is 0.444 e. The molecule has 0 heterocycles. The fraction of sp³-hybridized carbons (Fsp3) is 0.929. The molecule has 2 atom stereocenters. The highest BCUT2D eigenvalue weighted by molar-refractivity contribution is 5.68. The number of nitrogens with zero attached hydrogens (tertiary/aromatic N) is 1. The topological polar surface area (TPSA) is 41.6 Å². The van der Waals surface area contributed by atoms with Crippen molar-refractivity contribution >= 4 is 6.09 Å². The average molecular weight is 256 g/mol. The summed E-state index contributed by atoms with van der Waals surface area (Å²) in [7, 11) is 1.98. The van der Waals surface area contributed by atoms with Gasteiger partial charge in [-0.3, -0.25) is 0 Å². The van der Waals surface area contributed by atoms with Crippen molar-refractivity contribution in [2.24, 2.45) is 0 Å². The number of amides is 1. The normalized spacial score (nSPS) is 24.7. The van der Waals surface area contributed by atoms with E-state index in [2.05, 4.69) is 5.32 Å². The molecule has 18 heavy (non-hydrogen) atoms. The first-order chi connectivity index (χ1) is 8.39. The van der Waals surface area contributed by atoms with E-state index in [0.717, 1.165) is 12.8 Å². The minimum atomic E-state index is -0.422. The summed E-state index contributed by atoms with van der Waals surface area (Å²) in [5.74, 6) is 0. The zero-order valence-electron chi connectivity index (χ0n) is 12.5. The van der Waals surface area contributed by atoms with Crippen molar-refractivity contribution in [3.8, 4) is 0 Å². The third-order valence-corrected chi connectivity index (χ3v) is 3.47. The van der Waals surface area contributed by atoms with E-state index in [9.17, 15) is 4.79 Å². The molecular formula is C14H28N2O2. The van der Waals surface area contributed by atoms with Gasteiger partial charge >= 0.3 is 6.09 Å². The van der Waals surface area contributed by atoms with Crippen molar-refractivity contribution in [1.82, 2.24) is 10.2 Å². The van der Waals surface area contributed by atoms with Crippen LogP contribution in [-0.2, 0) is 4.74 Å². The molecule has 4 heteroatoms. The van der Waals surface area contributed by atoms with E-state index in [1.165, 1.54) is 12.8 Å². The summed E-state index contributed by atoms with van der Waals surface area (Å²) in [6.45, 7) is 8.46. The molecule has 0 spiro atoms. The molecule has 1 saturated carbocycles. The zero-order valence-corrected chi connectivity index (χ0v) is 12.5. The van der Waals surface area contributed by atoms with Crippen molar-refractivity contribution in [3.05, 3.63) is 0 Å². The zero-order chi connectivity index (χ0) is 13.8. The second kappa shape index (κ2) is 6.41. The smallest absolute Gasteiger partial charge is 0.410 e. The molecule has 0 aromatic carbocycles. The molecule has 0 aromatic rings. The fourth-order valence-electron chi connectivity index (χ4n) is 2.64. The van der Waals surface area contributed by atoms with E-state index in [1.54, 1.807) is 0 Å². The number of hydrogen-bond acceptors (Lipinski definition) is 3. The van der Waals surface area contributed by atoms with Gasteiger partial charge in [-0.25, -0.2) is 4.79 Å². The second-order valence-corrected chi connectivity index (χ2v) is 6.01. The number of nitrogens with one attached hydrogen (secondary N) is 1. The Labute approximate surface area is 111 Å². The molecule has 1 aliphatic rings.